The highest BCUT2D eigenvalue weighted by Crippen LogP contribution is 2.49. The summed E-state index contributed by atoms with van der Waals surface area (Å²) in [5, 5.41) is 13.3. The number of benzene rings is 2. The fourth-order valence-corrected chi connectivity index (χ4v) is 9.49. The zero-order valence-corrected chi connectivity index (χ0v) is 32.7. The van der Waals surface area contributed by atoms with Gasteiger partial charge in [-0.3, -0.25) is 4.98 Å². The fraction of sp³-hybridized carbons (Fsp3) is 0.452. The molecule has 0 spiro atoms. The number of rotatable bonds is 15. The topological polar surface area (TPSA) is 161 Å². The number of sulfonamides is 1. The second-order valence-electron chi connectivity index (χ2n) is 16.1. The van der Waals surface area contributed by atoms with E-state index in [4.69, 9.17) is 14.7 Å². The zero-order chi connectivity index (χ0) is 38.5. The molecule has 0 bridgehead atoms. The van der Waals surface area contributed by atoms with Gasteiger partial charge in [0.2, 0.25) is 11.8 Å². The molecular weight excluding hydrogens is 715 g/mol. The first-order valence-electron chi connectivity index (χ1n) is 19.4. The smallest absolute Gasteiger partial charge is 0.335 e. The number of carboxylic acids is 1. The highest BCUT2D eigenvalue weighted by molar-refractivity contribution is 7.92. The van der Waals surface area contributed by atoms with Crippen LogP contribution in [0.4, 0.5) is 5.95 Å². The first-order valence-corrected chi connectivity index (χ1v) is 20.9. The number of nitrogens with one attached hydrogen (secondary N) is 2. The molecule has 5 aromatic rings. The van der Waals surface area contributed by atoms with Gasteiger partial charge >= 0.3 is 5.97 Å². The first kappa shape index (κ1) is 37.1. The standard InChI is InChI=1S/C42H49N7O5S/c1-25-9-5-10-26(2)37(25)32-21-36(47-41(46-32)48-55(52,53)31-16-8-15-29(19-31)40(50)51)54-24-34(38(27-11-6-12-27)28-13-7-14-28)44-23-30-22-43-33-20-35(42(3)17-18-42)49(4)39(33)45-30/h5,8-10,15-16,19-22,27-28,34,38,44H,6-7,11-14,17-18,23-24H2,1-4H3,(H,50,51)(H,46,47,48). The molecule has 0 radical (unpaired) electrons. The molecule has 12 nitrogen and oxygen atoms in total. The van der Waals surface area contributed by atoms with Gasteiger partial charge in [-0.05, 0) is 79.8 Å². The van der Waals surface area contributed by atoms with E-state index in [0.29, 0.717) is 36.6 Å². The van der Waals surface area contributed by atoms with Gasteiger partial charge in [0.1, 0.15) is 12.1 Å². The number of aryl methyl sites for hydroxylation is 3. The summed E-state index contributed by atoms with van der Waals surface area (Å²) in [4.78, 5) is 30.5. The minimum atomic E-state index is -4.25. The summed E-state index contributed by atoms with van der Waals surface area (Å²) < 4.78 is 38.5. The third-order valence-corrected chi connectivity index (χ3v) is 13.6. The maximum Gasteiger partial charge on any atom is 0.335 e. The van der Waals surface area contributed by atoms with Crippen molar-refractivity contribution in [3.63, 3.8) is 0 Å². The van der Waals surface area contributed by atoms with Crippen LogP contribution < -0.4 is 14.8 Å². The van der Waals surface area contributed by atoms with Crippen LogP contribution in [0.1, 0.15) is 91.2 Å². The molecule has 2 aromatic carbocycles. The highest BCUT2D eigenvalue weighted by atomic mass is 32.2. The molecule has 3 aliphatic rings. The van der Waals surface area contributed by atoms with Crippen molar-refractivity contribution in [2.75, 3.05) is 11.3 Å². The molecular formula is C42H49N7O5S. The Morgan fingerprint density at radius 1 is 0.982 bits per heavy atom. The van der Waals surface area contributed by atoms with Crippen molar-refractivity contribution in [3.05, 3.63) is 88.9 Å². The summed E-state index contributed by atoms with van der Waals surface area (Å²) in [7, 11) is -2.16. The van der Waals surface area contributed by atoms with Gasteiger partial charge in [-0.15, -0.1) is 0 Å². The van der Waals surface area contributed by atoms with E-state index >= 15 is 0 Å². The second kappa shape index (κ2) is 14.6. The van der Waals surface area contributed by atoms with Crippen molar-refractivity contribution in [3.8, 4) is 17.1 Å². The van der Waals surface area contributed by atoms with Crippen LogP contribution in [0.2, 0.25) is 0 Å². The minimum absolute atomic E-state index is 0.0139. The molecule has 0 amide bonds. The van der Waals surface area contributed by atoms with Gasteiger partial charge in [0.05, 0.1) is 28.0 Å². The van der Waals surface area contributed by atoms with Crippen LogP contribution in [0.15, 0.2) is 65.7 Å². The fourth-order valence-electron chi connectivity index (χ4n) is 8.50. The number of hydrogen-bond donors (Lipinski definition) is 3. The number of fused-ring (bicyclic) bond motifs is 1. The number of hydrogen-bond acceptors (Lipinski definition) is 9. The lowest BCUT2D eigenvalue weighted by Crippen LogP contribution is -2.49. The molecule has 288 valence electrons. The van der Waals surface area contributed by atoms with E-state index in [1.807, 2.05) is 38.2 Å². The normalized spacial score (nSPS) is 17.5. The third-order valence-electron chi connectivity index (χ3n) is 12.3. The quantitative estimate of drug-likeness (QED) is 0.0984. The molecule has 55 heavy (non-hydrogen) atoms. The first-order chi connectivity index (χ1) is 26.4. The van der Waals surface area contributed by atoms with Crippen molar-refractivity contribution in [1.82, 2.24) is 29.8 Å². The average molecular weight is 764 g/mol. The maximum absolute atomic E-state index is 13.6. The van der Waals surface area contributed by atoms with Crippen LogP contribution in [0.5, 0.6) is 5.88 Å². The Bertz CT molecular complexity index is 2330. The molecule has 13 heteroatoms. The Morgan fingerprint density at radius 2 is 1.67 bits per heavy atom. The monoisotopic (exact) mass is 763 g/mol. The molecule has 3 aromatic heterocycles. The summed E-state index contributed by atoms with van der Waals surface area (Å²) in [6.07, 6.45) is 11.5. The highest BCUT2D eigenvalue weighted by Gasteiger charge is 2.42. The Balaban J connectivity index is 1.10. The Labute approximate surface area is 322 Å². The predicted molar refractivity (Wildman–Crippen MR) is 211 cm³/mol. The van der Waals surface area contributed by atoms with Crippen LogP contribution in [-0.2, 0) is 29.0 Å². The number of aromatic nitrogens is 5. The third kappa shape index (κ3) is 7.56. The second-order valence-corrected chi connectivity index (χ2v) is 17.8. The number of ether oxygens (including phenoxy) is 1. The number of nitrogens with zero attached hydrogens (tertiary/aromatic N) is 5. The van der Waals surface area contributed by atoms with Crippen molar-refractivity contribution < 1.29 is 23.1 Å². The van der Waals surface area contributed by atoms with Crippen molar-refractivity contribution in [2.45, 2.75) is 95.0 Å². The van der Waals surface area contributed by atoms with E-state index in [-0.39, 0.29) is 33.7 Å². The van der Waals surface area contributed by atoms with Gasteiger partial charge in [0.15, 0.2) is 5.65 Å². The Kier molecular flexibility index (Phi) is 9.87. The Hall–Kier alpha value is -4.88. The average Bonchev–Trinajstić information content (AvgIpc) is 3.77. The molecule has 0 saturated heterocycles. The van der Waals surface area contributed by atoms with E-state index in [1.54, 1.807) is 6.07 Å². The van der Waals surface area contributed by atoms with Crippen LogP contribution in [0.3, 0.4) is 0 Å². The van der Waals surface area contributed by atoms with Gasteiger partial charge in [-0.1, -0.05) is 69.7 Å². The summed E-state index contributed by atoms with van der Waals surface area (Å²) >= 11 is 0. The van der Waals surface area contributed by atoms with Crippen molar-refractivity contribution in [1.29, 1.82) is 0 Å². The molecule has 8 rings (SSSR count). The lowest BCUT2D eigenvalue weighted by molar-refractivity contribution is 0.0414. The molecule has 3 heterocycles. The van der Waals surface area contributed by atoms with E-state index < -0.39 is 16.0 Å². The molecule has 3 fully saturated rings. The largest absolute Gasteiger partial charge is 0.478 e. The van der Waals surface area contributed by atoms with Gasteiger partial charge < -0.3 is 19.7 Å². The van der Waals surface area contributed by atoms with Gasteiger partial charge in [-0.25, -0.2) is 27.9 Å². The number of anilines is 1. The summed E-state index contributed by atoms with van der Waals surface area (Å²) in [5.74, 6) is 0.471. The van der Waals surface area contributed by atoms with Gasteiger partial charge in [-0.2, -0.15) is 4.98 Å². The van der Waals surface area contributed by atoms with Gasteiger partial charge in [0, 0.05) is 42.4 Å². The summed E-state index contributed by atoms with van der Waals surface area (Å²) in [5.41, 5.74) is 7.35. The molecule has 3 saturated carbocycles. The summed E-state index contributed by atoms with van der Waals surface area (Å²) in [6, 6.07) is 15.1. The van der Waals surface area contributed by atoms with Crippen LogP contribution in [0.25, 0.3) is 22.4 Å². The molecule has 1 atom stereocenters. The molecule has 3 aliphatic carbocycles. The molecule has 3 N–H and O–H groups in total. The summed E-state index contributed by atoms with van der Waals surface area (Å²) in [6.45, 7) is 7.11. The zero-order valence-electron chi connectivity index (χ0n) is 31.9. The lowest BCUT2D eigenvalue weighted by Gasteiger charge is -2.46. The number of carbonyl (C=O) groups is 1. The van der Waals surface area contributed by atoms with E-state index in [2.05, 4.69) is 44.6 Å². The predicted octanol–water partition coefficient (Wildman–Crippen LogP) is 7.35. The van der Waals surface area contributed by atoms with E-state index in [0.717, 1.165) is 39.6 Å². The molecule has 0 aliphatic heterocycles. The van der Waals surface area contributed by atoms with Crippen molar-refractivity contribution >= 4 is 33.1 Å². The van der Waals surface area contributed by atoms with Gasteiger partial charge in [0.25, 0.3) is 10.0 Å². The molecule has 1 unspecified atom stereocenters. The van der Waals surface area contributed by atoms with Crippen molar-refractivity contribution in [2.24, 2.45) is 24.8 Å². The minimum Gasteiger partial charge on any atom is -0.478 e. The lowest BCUT2D eigenvalue weighted by atomic mass is 9.62. The number of aromatic carboxylic acids is 1. The maximum atomic E-state index is 13.6. The SMILES string of the molecule is Cc1cccc(C)c1-c1cc(OCC(NCc2cnc3cc(C4(C)CC4)n(C)c3n2)C(C2CCC2)C2CCC2)nc(NS(=O)(=O)c2cccc(C(=O)O)c2)n1. The van der Waals surface area contributed by atoms with Crippen LogP contribution in [-0.4, -0.2) is 56.6 Å². The van der Waals surface area contributed by atoms with E-state index in [1.165, 1.54) is 75.3 Å². The van der Waals surface area contributed by atoms with Crippen LogP contribution in [0, 0.1) is 31.6 Å². The Morgan fingerprint density at radius 3 is 2.31 bits per heavy atom. The van der Waals surface area contributed by atoms with Crippen LogP contribution >= 0.6 is 0 Å². The number of carboxylic acid groups (broad SMARTS) is 1. The van der Waals surface area contributed by atoms with E-state index in [9.17, 15) is 18.3 Å².